The zero-order chi connectivity index (χ0) is 33.9. The van der Waals surface area contributed by atoms with Crippen LogP contribution in [0.1, 0.15) is 58.4 Å². The Hall–Kier alpha value is -4.75. The van der Waals surface area contributed by atoms with E-state index in [9.17, 15) is 24.6 Å². The minimum atomic E-state index is -1.04. The van der Waals surface area contributed by atoms with Crippen molar-refractivity contribution in [3.05, 3.63) is 119 Å². The highest BCUT2D eigenvalue weighted by Crippen LogP contribution is 2.40. The number of thioether (sulfide) groups is 1. The van der Waals surface area contributed by atoms with E-state index in [1.165, 1.54) is 17.8 Å². The highest BCUT2D eigenvalue weighted by molar-refractivity contribution is 7.99. The van der Waals surface area contributed by atoms with Gasteiger partial charge < -0.3 is 35.1 Å². The molecule has 11 nitrogen and oxygen atoms in total. The van der Waals surface area contributed by atoms with Gasteiger partial charge in [0, 0.05) is 30.5 Å². The van der Waals surface area contributed by atoms with Crippen molar-refractivity contribution in [1.29, 1.82) is 0 Å². The Morgan fingerprint density at radius 2 is 1.69 bits per heavy atom. The van der Waals surface area contributed by atoms with Gasteiger partial charge in [0.2, 0.25) is 0 Å². The lowest BCUT2D eigenvalue weighted by molar-refractivity contribution is -0.245. The van der Waals surface area contributed by atoms with Gasteiger partial charge in [-0.3, -0.25) is 4.79 Å². The van der Waals surface area contributed by atoms with Crippen LogP contribution in [0.3, 0.4) is 0 Å². The van der Waals surface area contributed by atoms with E-state index in [1.54, 1.807) is 19.2 Å². The van der Waals surface area contributed by atoms with Gasteiger partial charge >= 0.3 is 18.0 Å². The SMILES string of the molecule is CCOC(=O)CNC(=O)NCc1cccc(-c2cccc(C3OC(CSc4ncccc4C(=O)O)CC(c4ccc(CO)cc4)O3)c2)c1. The van der Waals surface area contributed by atoms with Crippen molar-refractivity contribution in [2.24, 2.45) is 0 Å². The maximum atomic E-state index is 12.2. The average Bonchev–Trinajstić information content (AvgIpc) is 3.12. The molecule has 3 aromatic carbocycles. The summed E-state index contributed by atoms with van der Waals surface area (Å²) >= 11 is 1.33. The van der Waals surface area contributed by atoms with Crippen LogP contribution in [-0.4, -0.2) is 58.2 Å². The largest absolute Gasteiger partial charge is 0.478 e. The minimum absolute atomic E-state index is 0.0560. The van der Waals surface area contributed by atoms with E-state index in [0.717, 1.165) is 33.4 Å². The Balaban J connectivity index is 1.32. The number of aliphatic hydroxyl groups is 1. The number of nitrogens with zero attached hydrogens (tertiary/aromatic N) is 1. The number of esters is 1. The third-order valence-corrected chi connectivity index (χ3v) is 8.73. The number of carbonyl (C=O) groups is 3. The molecule has 5 rings (SSSR count). The molecule has 1 aliphatic rings. The molecule has 2 amide bonds. The van der Waals surface area contributed by atoms with E-state index >= 15 is 0 Å². The van der Waals surface area contributed by atoms with Gasteiger partial charge in [0.05, 0.1) is 31.0 Å². The van der Waals surface area contributed by atoms with Crippen molar-refractivity contribution in [3.63, 3.8) is 0 Å². The molecule has 250 valence electrons. The van der Waals surface area contributed by atoms with Gasteiger partial charge in [-0.2, -0.15) is 0 Å². The Labute approximate surface area is 282 Å². The summed E-state index contributed by atoms with van der Waals surface area (Å²) in [5.41, 5.74) is 5.42. The minimum Gasteiger partial charge on any atom is -0.478 e. The van der Waals surface area contributed by atoms with Gasteiger partial charge in [0.25, 0.3) is 0 Å². The molecular weight excluding hydrogens is 634 g/mol. The summed E-state index contributed by atoms with van der Waals surface area (Å²) in [5.74, 6) is -1.08. The molecule has 1 aromatic heterocycles. The molecule has 0 spiro atoms. The van der Waals surface area contributed by atoms with E-state index in [2.05, 4.69) is 15.6 Å². The number of aliphatic hydroxyl groups excluding tert-OH is 1. The maximum absolute atomic E-state index is 12.2. The topological polar surface area (TPSA) is 156 Å². The van der Waals surface area contributed by atoms with Gasteiger partial charge in [-0.05, 0) is 59.0 Å². The number of pyridine rings is 1. The normalized spacial score (nSPS) is 17.3. The van der Waals surface area contributed by atoms with Crippen molar-refractivity contribution in [2.45, 2.75) is 50.0 Å². The number of urea groups is 1. The van der Waals surface area contributed by atoms with Crippen LogP contribution >= 0.6 is 11.8 Å². The van der Waals surface area contributed by atoms with E-state index < -0.39 is 24.3 Å². The highest BCUT2D eigenvalue weighted by Gasteiger charge is 2.33. The summed E-state index contributed by atoms with van der Waals surface area (Å²) in [6.45, 7) is 1.94. The highest BCUT2D eigenvalue weighted by atomic mass is 32.2. The fourth-order valence-electron chi connectivity index (χ4n) is 5.20. The summed E-state index contributed by atoms with van der Waals surface area (Å²) in [6.07, 6.45) is 0.818. The van der Waals surface area contributed by atoms with Crippen LogP contribution in [0, 0.1) is 0 Å². The molecule has 1 fully saturated rings. The molecule has 0 bridgehead atoms. The van der Waals surface area contributed by atoms with Gasteiger partial charge in [0.15, 0.2) is 6.29 Å². The molecule has 4 N–H and O–H groups in total. The first-order valence-electron chi connectivity index (χ1n) is 15.5. The molecule has 12 heteroatoms. The van der Waals surface area contributed by atoms with E-state index in [4.69, 9.17) is 14.2 Å². The van der Waals surface area contributed by atoms with E-state index in [-0.39, 0.29) is 44.1 Å². The number of aromatic carboxylic acids is 1. The predicted molar refractivity (Wildman–Crippen MR) is 179 cm³/mol. The second kappa shape index (κ2) is 16.9. The quantitative estimate of drug-likeness (QED) is 0.104. The van der Waals surface area contributed by atoms with Crippen molar-refractivity contribution >= 4 is 29.7 Å². The maximum Gasteiger partial charge on any atom is 0.338 e. The first kappa shape index (κ1) is 34.6. The summed E-state index contributed by atoms with van der Waals surface area (Å²) in [5, 5.41) is 24.8. The van der Waals surface area contributed by atoms with Gasteiger partial charge in [-0.15, -0.1) is 11.8 Å². The number of carboxylic acid groups (broad SMARTS) is 1. The van der Waals surface area contributed by atoms with Crippen molar-refractivity contribution in [1.82, 2.24) is 15.6 Å². The summed E-state index contributed by atoms with van der Waals surface area (Å²) in [7, 11) is 0. The molecule has 0 aliphatic carbocycles. The number of rotatable bonds is 13. The fourth-order valence-corrected chi connectivity index (χ4v) is 6.20. The number of carboxylic acids is 1. The smallest absolute Gasteiger partial charge is 0.338 e. The molecule has 2 heterocycles. The number of nitrogens with one attached hydrogen (secondary N) is 2. The fraction of sp³-hybridized carbons (Fsp3) is 0.278. The lowest BCUT2D eigenvalue weighted by Gasteiger charge is -2.36. The van der Waals surface area contributed by atoms with Crippen LogP contribution in [0.15, 0.2) is 96.2 Å². The van der Waals surface area contributed by atoms with Crippen LogP contribution in [0.25, 0.3) is 11.1 Å². The molecule has 1 aliphatic heterocycles. The third-order valence-electron chi connectivity index (χ3n) is 7.59. The Kier molecular flexibility index (Phi) is 12.2. The Bertz CT molecular complexity index is 1720. The molecule has 3 atom stereocenters. The first-order chi connectivity index (χ1) is 23.3. The van der Waals surface area contributed by atoms with Crippen LogP contribution < -0.4 is 10.6 Å². The van der Waals surface area contributed by atoms with Crippen molar-refractivity contribution < 1.29 is 38.8 Å². The number of aromatic nitrogens is 1. The number of ether oxygens (including phenoxy) is 3. The molecule has 0 saturated carbocycles. The number of benzene rings is 3. The number of carbonyl (C=O) groups excluding carboxylic acids is 2. The first-order valence-corrected chi connectivity index (χ1v) is 16.5. The van der Waals surface area contributed by atoms with Gasteiger partial charge in [-0.25, -0.2) is 14.6 Å². The molecule has 3 unspecified atom stereocenters. The van der Waals surface area contributed by atoms with Crippen LogP contribution in [0.5, 0.6) is 0 Å². The summed E-state index contributed by atoms with van der Waals surface area (Å²) < 4.78 is 17.8. The standard InChI is InChI=1S/C36H37N3O8S/c1-2-45-32(41)20-39-36(44)38-19-24-6-3-7-26(16-24)27-8-4-9-28(17-27)35-46-29(22-48-33-30(34(42)43)10-5-15-37-33)18-31(47-35)25-13-11-23(21-40)12-14-25/h3-17,29,31,35,40H,2,18-22H2,1H3,(H,42,43)(H2,38,39,44). The summed E-state index contributed by atoms with van der Waals surface area (Å²) in [4.78, 5) is 39.7. The number of hydrogen-bond donors (Lipinski definition) is 4. The molecule has 0 radical (unpaired) electrons. The number of hydrogen-bond acceptors (Lipinski definition) is 9. The number of amides is 2. The summed E-state index contributed by atoms with van der Waals surface area (Å²) in [6, 6.07) is 25.9. The second-order valence-corrected chi connectivity index (χ2v) is 12.0. The van der Waals surface area contributed by atoms with Gasteiger partial charge in [-0.1, -0.05) is 60.7 Å². The Morgan fingerprint density at radius 1 is 0.917 bits per heavy atom. The van der Waals surface area contributed by atoms with Crippen molar-refractivity contribution in [3.8, 4) is 11.1 Å². The van der Waals surface area contributed by atoms with E-state index in [0.29, 0.717) is 17.2 Å². The Morgan fingerprint density at radius 3 is 2.44 bits per heavy atom. The predicted octanol–water partition coefficient (Wildman–Crippen LogP) is 5.64. The second-order valence-electron chi connectivity index (χ2n) is 11.0. The van der Waals surface area contributed by atoms with Crippen LogP contribution in [-0.2, 0) is 32.2 Å². The molecule has 1 saturated heterocycles. The van der Waals surface area contributed by atoms with Crippen LogP contribution in [0.2, 0.25) is 0 Å². The monoisotopic (exact) mass is 671 g/mol. The lowest BCUT2D eigenvalue weighted by atomic mass is 9.99. The van der Waals surface area contributed by atoms with Crippen LogP contribution in [0.4, 0.5) is 4.79 Å². The molecule has 48 heavy (non-hydrogen) atoms. The van der Waals surface area contributed by atoms with Crippen molar-refractivity contribution in [2.75, 3.05) is 18.9 Å². The zero-order valence-electron chi connectivity index (χ0n) is 26.3. The van der Waals surface area contributed by atoms with Gasteiger partial charge in [0.1, 0.15) is 11.6 Å². The third kappa shape index (κ3) is 9.41. The zero-order valence-corrected chi connectivity index (χ0v) is 27.2. The van der Waals surface area contributed by atoms with E-state index in [1.807, 2.05) is 72.8 Å². The average molecular weight is 672 g/mol. The molecule has 4 aromatic rings. The molecular formula is C36H37N3O8S. The lowest BCUT2D eigenvalue weighted by Crippen LogP contribution is -2.38.